The molecule has 3 aromatic rings. The molecule has 0 bridgehead atoms. The summed E-state index contributed by atoms with van der Waals surface area (Å²) in [5, 5.41) is 6.89. The summed E-state index contributed by atoms with van der Waals surface area (Å²) in [6, 6.07) is 8.25. The highest BCUT2D eigenvalue weighted by Gasteiger charge is 2.37. The van der Waals surface area contributed by atoms with Crippen molar-refractivity contribution in [1.29, 1.82) is 0 Å². The fourth-order valence-electron chi connectivity index (χ4n) is 5.22. The lowest BCUT2D eigenvalue weighted by Gasteiger charge is -2.31. The minimum Gasteiger partial charge on any atom is -0.449 e. The molecule has 10 N–H and O–H groups in total. The van der Waals surface area contributed by atoms with E-state index in [-0.39, 0.29) is 94.9 Å². The van der Waals surface area contributed by atoms with E-state index in [1.165, 1.54) is 0 Å². The number of aliphatic imine (C=N–C) groups is 2. The molecule has 0 saturated carbocycles. The van der Waals surface area contributed by atoms with Gasteiger partial charge in [0.15, 0.2) is 34.8 Å². The Hall–Kier alpha value is -5.11. The normalized spacial score (nSPS) is 14.7. The second-order valence-corrected chi connectivity index (χ2v) is 10.1. The molecule has 14 heteroatoms. The number of nitrogens with two attached hydrogens (primary N) is 4. The summed E-state index contributed by atoms with van der Waals surface area (Å²) in [6.45, 7) is 3.43. The first-order valence-corrected chi connectivity index (χ1v) is 13.6. The molecule has 42 heavy (non-hydrogen) atoms. The van der Waals surface area contributed by atoms with Gasteiger partial charge in [-0.15, -0.1) is 0 Å². The highest BCUT2D eigenvalue weighted by atomic mass is 16.3. The number of hydrogen-bond donors (Lipinski definition) is 6. The number of fused-ring (bicyclic) bond motifs is 3. The molecule has 220 valence electrons. The van der Waals surface area contributed by atoms with E-state index in [0.29, 0.717) is 24.2 Å². The zero-order valence-electron chi connectivity index (χ0n) is 23.3. The van der Waals surface area contributed by atoms with E-state index in [1.54, 1.807) is 35.2 Å². The third kappa shape index (κ3) is 5.43. The molecule has 0 spiro atoms. The molecule has 14 nitrogen and oxygen atoms in total. The van der Waals surface area contributed by atoms with E-state index < -0.39 is 0 Å². The fourth-order valence-corrected chi connectivity index (χ4v) is 5.22. The Morgan fingerprint density at radius 2 is 1.38 bits per heavy atom. The van der Waals surface area contributed by atoms with Gasteiger partial charge in [0.05, 0.1) is 35.6 Å². The highest BCUT2D eigenvalue weighted by Crippen LogP contribution is 2.44. The number of nitrogens with one attached hydrogen (secondary N) is 2. The summed E-state index contributed by atoms with van der Waals surface area (Å²) in [4.78, 5) is 53.4. The van der Waals surface area contributed by atoms with Crippen molar-refractivity contribution in [2.24, 2.45) is 32.9 Å². The van der Waals surface area contributed by atoms with Crippen LogP contribution in [-0.4, -0.2) is 98.6 Å². The number of guanidine groups is 2. The zero-order chi connectivity index (χ0) is 30.0. The van der Waals surface area contributed by atoms with E-state index in [0.717, 1.165) is 13.1 Å². The lowest BCUT2D eigenvalue weighted by molar-refractivity contribution is 0.0635. The summed E-state index contributed by atoms with van der Waals surface area (Å²) in [7, 11) is 2.00. The van der Waals surface area contributed by atoms with Crippen molar-refractivity contribution in [3.8, 4) is 0 Å². The van der Waals surface area contributed by atoms with Crippen molar-refractivity contribution in [2.75, 3.05) is 70.0 Å². The Kier molecular flexibility index (Phi) is 7.97. The molecular weight excluding hydrogens is 540 g/mol. The van der Waals surface area contributed by atoms with Crippen LogP contribution in [0.5, 0.6) is 0 Å². The van der Waals surface area contributed by atoms with Crippen LogP contribution >= 0.6 is 0 Å². The molecule has 1 amide bonds. The van der Waals surface area contributed by atoms with Crippen molar-refractivity contribution in [3.63, 3.8) is 0 Å². The van der Waals surface area contributed by atoms with Crippen LogP contribution < -0.4 is 33.6 Å². The van der Waals surface area contributed by atoms with Crippen LogP contribution in [0.15, 0.2) is 44.7 Å². The summed E-state index contributed by atoms with van der Waals surface area (Å²) >= 11 is 0. The van der Waals surface area contributed by atoms with Crippen LogP contribution in [-0.2, 0) is 0 Å². The molecule has 1 saturated heterocycles. The second-order valence-electron chi connectivity index (χ2n) is 10.1. The number of ketones is 2. The smallest absolute Gasteiger partial charge is 0.289 e. The lowest BCUT2D eigenvalue weighted by atomic mass is 9.81. The van der Waals surface area contributed by atoms with Gasteiger partial charge in [-0.3, -0.25) is 24.4 Å². The third-order valence-corrected chi connectivity index (χ3v) is 7.27. The molecule has 1 fully saturated rings. The van der Waals surface area contributed by atoms with Gasteiger partial charge in [0.1, 0.15) is 0 Å². The van der Waals surface area contributed by atoms with Crippen LogP contribution in [0, 0.1) is 0 Å². The molecule has 5 rings (SSSR count). The Morgan fingerprint density at radius 1 is 0.857 bits per heavy atom. The maximum atomic E-state index is 14.0. The molecule has 2 heterocycles. The average molecular weight is 575 g/mol. The van der Waals surface area contributed by atoms with E-state index in [2.05, 4.69) is 25.5 Å². The van der Waals surface area contributed by atoms with Crippen LogP contribution in [0.3, 0.4) is 0 Å². The number of nitrogens with zero attached hydrogens (tertiary/aromatic N) is 4. The molecule has 1 aliphatic carbocycles. The Morgan fingerprint density at radius 3 is 1.93 bits per heavy atom. The Labute approximate surface area is 241 Å². The van der Waals surface area contributed by atoms with Gasteiger partial charge in [0.25, 0.3) is 5.91 Å². The van der Waals surface area contributed by atoms with Crippen molar-refractivity contribution >= 4 is 51.7 Å². The number of piperazine rings is 1. The molecule has 1 aromatic heterocycles. The number of amides is 1. The zero-order valence-corrected chi connectivity index (χ0v) is 23.3. The molecule has 0 atom stereocenters. The SMILES string of the molecule is CN1CCN(C(=O)c2cc3c(NCCN=C(N)N)c4c(c(NCCN=C(N)N)c3o2)C(=O)c2ccccc2C4=O)CC1. The van der Waals surface area contributed by atoms with Crippen LogP contribution in [0.2, 0.25) is 0 Å². The lowest BCUT2D eigenvalue weighted by Crippen LogP contribution is -2.47. The standard InChI is InChI=1S/C28H34N10O4/c1-37-10-12-38(13-11-37)26(41)18-14-17-21(33-6-8-35-27(29)30)19-20(22(25(17)42-18)34-7-9-36-28(31)32)24(40)16-5-3-2-4-15(16)23(19)39/h2-5,14,33-34H,6-13H2,1H3,(H4,29,30,35)(H4,31,32,36). The highest BCUT2D eigenvalue weighted by molar-refractivity contribution is 6.35. The third-order valence-electron chi connectivity index (χ3n) is 7.27. The van der Waals surface area contributed by atoms with Gasteiger partial charge >= 0.3 is 0 Å². The number of rotatable bonds is 9. The number of likely N-dealkylation sites (N-methyl/N-ethyl adjacent to an activating group) is 1. The van der Waals surface area contributed by atoms with Crippen molar-refractivity contribution < 1.29 is 18.8 Å². The van der Waals surface area contributed by atoms with E-state index in [1.807, 2.05) is 7.05 Å². The van der Waals surface area contributed by atoms with Gasteiger partial charge in [-0.2, -0.15) is 0 Å². The largest absolute Gasteiger partial charge is 0.449 e. The quantitative estimate of drug-likeness (QED) is 0.0673. The summed E-state index contributed by atoms with van der Waals surface area (Å²) < 4.78 is 6.22. The Bertz CT molecular complexity index is 1510. The molecular formula is C28H34N10O4. The van der Waals surface area contributed by atoms with Crippen molar-refractivity contribution in [2.45, 2.75) is 0 Å². The maximum Gasteiger partial charge on any atom is 0.289 e. The van der Waals surface area contributed by atoms with E-state index in [9.17, 15) is 14.4 Å². The number of carbonyl (C=O) groups excluding carboxylic acids is 3. The Balaban J connectivity index is 1.69. The first-order chi connectivity index (χ1) is 20.2. The number of hydrogen-bond acceptors (Lipinski definition) is 9. The van der Waals surface area contributed by atoms with Crippen LogP contribution in [0.4, 0.5) is 11.4 Å². The minimum absolute atomic E-state index is 0.0761. The molecule has 0 unspecified atom stereocenters. The van der Waals surface area contributed by atoms with E-state index in [4.69, 9.17) is 27.4 Å². The summed E-state index contributed by atoms with van der Waals surface area (Å²) in [6.07, 6.45) is 0. The van der Waals surface area contributed by atoms with Gasteiger partial charge in [-0.25, -0.2) is 0 Å². The topological polar surface area (TPSA) is 224 Å². The predicted molar refractivity (Wildman–Crippen MR) is 161 cm³/mol. The first-order valence-electron chi connectivity index (χ1n) is 13.6. The number of anilines is 2. The van der Waals surface area contributed by atoms with Crippen molar-refractivity contribution in [1.82, 2.24) is 9.80 Å². The monoisotopic (exact) mass is 574 g/mol. The second kappa shape index (κ2) is 11.8. The van der Waals surface area contributed by atoms with Crippen LogP contribution in [0.25, 0.3) is 11.0 Å². The number of furan rings is 1. The predicted octanol–water partition coefficient (Wildman–Crippen LogP) is -0.0336. The summed E-state index contributed by atoms with van der Waals surface area (Å²) in [5.74, 6) is -1.05. The molecule has 2 aliphatic rings. The van der Waals surface area contributed by atoms with E-state index >= 15 is 0 Å². The maximum absolute atomic E-state index is 14.0. The molecule has 0 radical (unpaired) electrons. The number of carbonyl (C=O) groups is 3. The molecule has 1 aliphatic heterocycles. The number of benzene rings is 2. The van der Waals surface area contributed by atoms with Gasteiger partial charge in [-0.05, 0) is 13.1 Å². The van der Waals surface area contributed by atoms with Gasteiger partial charge in [0, 0.05) is 55.8 Å². The minimum atomic E-state index is -0.359. The van der Waals surface area contributed by atoms with Crippen LogP contribution in [0.1, 0.15) is 42.4 Å². The van der Waals surface area contributed by atoms with Gasteiger partial charge in [0.2, 0.25) is 0 Å². The summed E-state index contributed by atoms with van der Waals surface area (Å²) in [5.41, 5.74) is 23.7. The first kappa shape index (κ1) is 28.4. The molecule has 2 aromatic carbocycles. The average Bonchev–Trinajstić information content (AvgIpc) is 3.41. The van der Waals surface area contributed by atoms with Gasteiger partial charge < -0.3 is 47.8 Å². The fraction of sp³-hybridized carbons (Fsp3) is 0.321. The van der Waals surface area contributed by atoms with Crippen molar-refractivity contribution in [3.05, 3.63) is 58.3 Å². The van der Waals surface area contributed by atoms with Gasteiger partial charge in [-0.1, -0.05) is 24.3 Å².